The Hall–Kier alpha value is -2.09. The van der Waals surface area contributed by atoms with Crippen molar-refractivity contribution in [2.75, 3.05) is 24.5 Å². The first-order chi connectivity index (χ1) is 9.01. The summed E-state index contributed by atoms with van der Waals surface area (Å²) in [5.41, 5.74) is 5.46. The van der Waals surface area contributed by atoms with Crippen LogP contribution in [0.2, 0.25) is 0 Å². The van der Waals surface area contributed by atoms with E-state index in [9.17, 15) is 9.59 Å². The molecule has 8 nitrogen and oxygen atoms in total. The van der Waals surface area contributed by atoms with Crippen molar-refractivity contribution in [3.8, 4) is 0 Å². The summed E-state index contributed by atoms with van der Waals surface area (Å²) in [6, 6.07) is 0. The van der Waals surface area contributed by atoms with E-state index in [0.29, 0.717) is 36.7 Å². The molecule has 0 radical (unpaired) electrons. The van der Waals surface area contributed by atoms with E-state index in [2.05, 4.69) is 9.97 Å². The first kappa shape index (κ1) is 13.3. The van der Waals surface area contributed by atoms with Gasteiger partial charge >= 0.3 is 5.69 Å². The van der Waals surface area contributed by atoms with Crippen LogP contribution in [-0.2, 0) is 14.1 Å². The third-order valence-electron chi connectivity index (χ3n) is 3.16. The molecule has 2 aromatic rings. The molecule has 0 saturated carbocycles. The van der Waals surface area contributed by atoms with Gasteiger partial charge in [0.15, 0.2) is 11.2 Å². The summed E-state index contributed by atoms with van der Waals surface area (Å²) in [4.78, 5) is 33.1. The van der Waals surface area contributed by atoms with Crippen LogP contribution in [0.1, 0.15) is 6.92 Å². The Morgan fingerprint density at radius 1 is 1.32 bits per heavy atom. The molecule has 2 aromatic heterocycles. The van der Waals surface area contributed by atoms with Crippen molar-refractivity contribution >= 4 is 17.1 Å². The number of aromatic amines is 1. The number of aryl methyl sites for hydroxylation is 1. The molecule has 0 fully saturated rings. The maximum Gasteiger partial charge on any atom is 0.332 e. The lowest BCUT2D eigenvalue weighted by Gasteiger charge is -2.18. The molecule has 8 heteroatoms. The molecule has 0 unspecified atom stereocenters. The smallest absolute Gasteiger partial charge is 0.332 e. The highest BCUT2D eigenvalue weighted by Gasteiger charge is 2.15. The van der Waals surface area contributed by atoms with Crippen LogP contribution in [0.25, 0.3) is 11.2 Å². The highest BCUT2D eigenvalue weighted by molar-refractivity contribution is 5.72. The summed E-state index contributed by atoms with van der Waals surface area (Å²) >= 11 is 0. The van der Waals surface area contributed by atoms with Crippen LogP contribution in [-0.4, -0.2) is 38.7 Å². The van der Waals surface area contributed by atoms with Gasteiger partial charge in [-0.1, -0.05) is 0 Å². The maximum atomic E-state index is 12.0. The molecule has 19 heavy (non-hydrogen) atoms. The van der Waals surface area contributed by atoms with Crippen molar-refractivity contribution in [3.05, 3.63) is 20.8 Å². The van der Waals surface area contributed by atoms with E-state index in [-0.39, 0.29) is 5.56 Å². The molecule has 0 saturated heterocycles. The van der Waals surface area contributed by atoms with Crippen LogP contribution in [0.4, 0.5) is 5.95 Å². The van der Waals surface area contributed by atoms with E-state index in [1.807, 2.05) is 11.8 Å². The fraction of sp³-hybridized carbons (Fsp3) is 0.545. The Morgan fingerprint density at radius 2 is 2.00 bits per heavy atom. The van der Waals surface area contributed by atoms with Crippen LogP contribution >= 0.6 is 0 Å². The molecule has 0 aromatic carbocycles. The van der Waals surface area contributed by atoms with Gasteiger partial charge in [0.2, 0.25) is 5.95 Å². The number of fused-ring (bicyclic) bond motifs is 1. The molecule has 2 heterocycles. The molecule has 0 aliphatic carbocycles. The first-order valence-electron chi connectivity index (χ1n) is 6.12. The number of anilines is 1. The summed E-state index contributed by atoms with van der Waals surface area (Å²) in [5.74, 6) is 0.557. The second-order valence-corrected chi connectivity index (χ2v) is 4.33. The molecule has 0 aliphatic rings. The first-order valence-corrected chi connectivity index (χ1v) is 6.12. The molecular formula is C11H18N6O2. The van der Waals surface area contributed by atoms with Gasteiger partial charge in [0.25, 0.3) is 5.56 Å². The largest absolute Gasteiger partial charge is 0.341 e. The Balaban J connectivity index is 2.70. The number of hydrogen-bond donors (Lipinski definition) is 2. The van der Waals surface area contributed by atoms with Crippen molar-refractivity contribution in [2.45, 2.75) is 6.92 Å². The number of nitrogens with one attached hydrogen (secondary N) is 1. The van der Waals surface area contributed by atoms with Crippen LogP contribution in [0.3, 0.4) is 0 Å². The molecule has 2 rings (SSSR count). The van der Waals surface area contributed by atoms with Crippen molar-refractivity contribution in [1.29, 1.82) is 0 Å². The van der Waals surface area contributed by atoms with Crippen LogP contribution in [0.15, 0.2) is 9.59 Å². The fourth-order valence-corrected chi connectivity index (χ4v) is 2.03. The van der Waals surface area contributed by atoms with Gasteiger partial charge in [0.1, 0.15) is 0 Å². The number of rotatable bonds is 4. The lowest BCUT2D eigenvalue weighted by Crippen LogP contribution is -2.36. The second-order valence-electron chi connectivity index (χ2n) is 4.33. The molecule has 0 spiro atoms. The van der Waals surface area contributed by atoms with Gasteiger partial charge in [-0.2, -0.15) is 4.98 Å². The lowest BCUT2D eigenvalue weighted by atomic mass is 10.5. The molecule has 3 N–H and O–H groups in total. The predicted octanol–water partition coefficient (Wildman–Crippen LogP) is -1.25. The van der Waals surface area contributed by atoms with Crippen LogP contribution in [0, 0.1) is 0 Å². The average molecular weight is 266 g/mol. The quantitative estimate of drug-likeness (QED) is 0.719. The minimum atomic E-state index is -0.391. The third kappa shape index (κ3) is 2.03. The standard InChI is InChI=1S/C11H18N6O2/c1-4-17(6-5-12)10-13-7-8(14-10)15(2)11(19)16(3)9(7)18/h4-6,12H2,1-3H3,(H,13,14). The highest BCUT2D eigenvalue weighted by atomic mass is 16.2. The van der Waals surface area contributed by atoms with Gasteiger partial charge in [-0.25, -0.2) is 4.79 Å². The number of aromatic nitrogens is 4. The second kappa shape index (κ2) is 4.88. The molecular weight excluding hydrogens is 248 g/mol. The zero-order valence-electron chi connectivity index (χ0n) is 11.3. The van der Waals surface area contributed by atoms with Crippen molar-refractivity contribution < 1.29 is 0 Å². The normalized spacial score (nSPS) is 11.2. The van der Waals surface area contributed by atoms with E-state index < -0.39 is 5.69 Å². The Kier molecular flexibility index (Phi) is 3.43. The molecule has 104 valence electrons. The van der Waals surface area contributed by atoms with Gasteiger partial charge in [-0.3, -0.25) is 13.9 Å². The van der Waals surface area contributed by atoms with Gasteiger partial charge in [0, 0.05) is 33.7 Å². The minimum Gasteiger partial charge on any atom is -0.341 e. The summed E-state index contributed by atoms with van der Waals surface area (Å²) in [5, 5.41) is 0. The van der Waals surface area contributed by atoms with Gasteiger partial charge in [-0.15, -0.1) is 0 Å². The topological polar surface area (TPSA) is 102 Å². The zero-order valence-corrected chi connectivity index (χ0v) is 11.3. The zero-order chi connectivity index (χ0) is 14.2. The third-order valence-corrected chi connectivity index (χ3v) is 3.16. The number of likely N-dealkylation sites (N-methyl/N-ethyl adjacent to an activating group) is 1. The number of hydrogen-bond acceptors (Lipinski definition) is 5. The predicted molar refractivity (Wildman–Crippen MR) is 73.5 cm³/mol. The summed E-state index contributed by atoms with van der Waals surface area (Å²) < 4.78 is 2.41. The molecule has 0 bridgehead atoms. The van der Waals surface area contributed by atoms with E-state index in [0.717, 1.165) is 4.57 Å². The molecule has 0 aliphatic heterocycles. The molecule has 0 amide bonds. The van der Waals surface area contributed by atoms with Gasteiger partial charge in [0.05, 0.1) is 0 Å². The lowest BCUT2D eigenvalue weighted by molar-refractivity contribution is 0.708. The maximum absolute atomic E-state index is 12.0. The van der Waals surface area contributed by atoms with E-state index in [1.54, 1.807) is 7.05 Å². The molecule has 0 atom stereocenters. The highest BCUT2D eigenvalue weighted by Crippen LogP contribution is 2.12. The average Bonchev–Trinajstić information content (AvgIpc) is 2.85. The Bertz CT molecular complexity index is 710. The van der Waals surface area contributed by atoms with Crippen molar-refractivity contribution in [2.24, 2.45) is 19.8 Å². The number of nitrogens with zero attached hydrogens (tertiary/aromatic N) is 4. The van der Waals surface area contributed by atoms with Crippen LogP contribution < -0.4 is 21.9 Å². The Morgan fingerprint density at radius 3 is 2.58 bits per heavy atom. The van der Waals surface area contributed by atoms with Crippen LogP contribution in [0.5, 0.6) is 0 Å². The minimum absolute atomic E-state index is 0.329. The monoisotopic (exact) mass is 266 g/mol. The summed E-state index contributed by atoms with van der Waals surface area (Å²) in [6.45, 7) is 3.80. The Labute approximate surface area is 109 Å². The van der Waals surface area contributed by atoms with Crippen molar-refractivity contribution in [3.63, 3.8) is 0 Å². The van der Waals surface area contributed by atoms with E-state index >= 15 is 0 Å². The fourth-order valence-electron chi connectivity index (χ4n) is 2.03. The van der Waals surface area contributed by atoms with Crippen molar-refractivity contribution in [1.82, 2.24) is 19.1 Å². The number of imidazole rings is 1. The van der Waals surface area contributed by atoms with E-state index in [1.165, 1.54) is 11.6 Å². The SMILES string of the molecule is CCN(CCN)c1nc2c([nH]1)c(=O)n(C)c(=O)n2C. The number of nitrogens with two attached hydrogens (primary N) is 1. The van der Waals surface area contributed by atoms with E-state index in [4.69, 9.17) is 5.73 Å². The van der Waals surface area contributed by atoms with Gasteiger partial charge in [-0.05, 0) is 6.92 Å². The summed E-state index contributed by atoms with van der Waals surface area (Å²) in [7, 11) is 3.04. The summed E-state index contributed by atoms with van der Waals surface area (Å²) in [6.07, 6.45) is 0. The number of H-pyrrole nitrogens is 1. The van der Waals surface area contributed by atoms with Gasteiger partial charge < -0.3 is 15.6 Å².